The van der Waals surface area contributed by atoms with Crippen molar-refractivity contribution in [2.75, 3.05) is 5.32 Å². The summed E-state index contributed by atoms with van der Waals surface area (Å²) in [5.74, 6) is -0.188. The molecule has 0 bridgehead atoms. The minimum Gasteiger partial charge on any atom is -0.404 e. The van der Waals surface area contributed by atoms with Crippen LogP contribution < -0.4 is 10.1 Å². The van der Waals surface area contributed by atoms with Crippen LogP contribution in [-0.4, -0.2) is 6.36 Å². The van der Waals surface area contributed by atoms with Gasteiger partial charge in [-0.05, 0) is 48.4 Å². The molecule has 0 amide bonds. The smallest absolute Gasteiger partial charge is 0.404 e. The number of alkyl halides is 3. The van der Waals surface area contributed by atoms with Gasteiger partial charge in [-0.3, -0.25) is 0 Å². The van der Waals surface area contributed by atoms with Gasteiger partial charge in [0.05, 0.1) is 11.7 Å². The summed E-state index contributed by atoms with van der Waals surface area (Å²) in [5.41, 5.74) is 1.56. The molecule has 1 aromatic heterocycles. The largest absolute Gasteiger partial charge is 0.573 e. The van der Waals surface area contributed by atoms with Gasteiger partial charge in [0.15, 0.2) is 5.75 Å². The second kappa shape index (κ2) is 5.60. The molecule has 1 N–H and O–H groups in total. The third kappa shape index (κ3) is 3.32. The van der Waals surface area contributed by atoms with E-state index in [-0.39, 0.29) is 11.8 Å². The molecule has 1 unspecified atom stereocenters. The van der Waals surface area contributed by atoms with E-state index in [4.69, 9.17) is 0 Å². The molecule has 1 aromatic carbocycles. The Kier molecular flexibility index (Phi) is 3.80. The van der Waals surface area contributed by atoms with E-state index in [1.54, 1.807) is 23.5 Å². The highest BCUT2D eigenvalue weighted by Crippen LogP contribution is 2.38. The first-order valence-electron chi connectivity index (χ1n) is 6.70. The van der Waals surface area contributed by atoms with Crippen molar-refractivity contribution in [1.29, 1.82) is 0 Å². The number of ether oxygens (including phenoxy) is 1. The van der Waals surface area contributed by atoms with Crippen LogP contribution in [0.3, 0.4) is 0 Å². The summed E-state index contributed by atoms with van der Waals surface area (Å²) in [6.45, 7) is 0. The number of anilines is 1. The molecule has 6 heteroatoms. The molecule has 1 aliphatic carbocycles. The molecule has 3 rings (SSSR count). The number of hydrogen-bond donors (Lipinski definition) is 1. The van der Waals surface area contributed by atoms with Crippen LogP contribution in [0.1, 0.15) is 29.3 Å². The molecule has 21 heavy (non-hydrogen) atoms. The molecule has 0 saturated heterocycles. The predicted molar refractivity (Wildman–Crippen MR) is 76.7 cm³/mol. The summed E-state index contributed by atoms with van der Waals surface area (Å²) in [7, 11) is 0. The Bertz CT molecular complexity index is 623. The summed E-state index contributed by atoms with van der Waals surface area (Å²) in [6.07, 6.45) is -1.69. The Morgan fingerprint density at radius 1 is 1.19 bits per heavy atom. The molecule has 0 saturated carbocycles. The zero-order chi connectivity index (χ0) is 14.9. The van der Waals surface area contributed by atoms with Crippen LogP contribution in [0.2, 0.25) is 0 Å². The summed E-state index contributed by atoms with van der Waals surface area (Å²) in [5, 5.41) is 5.23. The van der Waals surface area contributed by atoms with Gasteiger partial charge in [-0.25, -0.2) is 0 Å². The molecule has 0 aliphatic heterocycles. The first-order valence-corrected chi connectivity index (χ1v) is 7.58. The first-order chi connectivity index (χ1) is 10.0. The number of thiophene rings is 1. The standard InChI is InChI=1S/C15H14F3NOS/c16-15(17,18)20-13-6-2-1-4-12(13)19-11-5-3-7-14-10(11)8-9-21-14/h1-2,4,6,8-9,11,19H,3,5,7H2. The van der Waals surface area contributed by atoms with E-state index in [0.717, 1.165) is 19.3 Å². The normalized spacial score (nSPS) is 18.1. The Morgan fingerprint density at radius 2 is 2.00 bits per heavy atom. The third-order valence-electron chi connectivity index (χ3n) is 3.49. The molecular weight excluding hydrogens is 299 g/mol. The molecule has 0 fully saturated rings. The van der Waals surface area contributed by atoms with E-state index in [9.17, 15) is 13.2 Å². The predicted octanol–water partition coefficient (Wildman–Crippen LogP) is 5.14. The van der Waals surface area contributed by atoms with E-state index >= 15 is 0 Å². The average molecular weight is 313 g/mol. The monoisotopic (exact) mass is 313 g/mol. The number of nitrogens with one attached hydrogen (secondary N) is 1. The summed E-state index contributed by atoms with van der Waals surface area (Å²) < 4.78 is 41.4. The van der Waals surface area contributed by atoms with Crippen LogP contribution in [0, 0.1) is 0 Å². The SMILES string of the molecule is FC(F)(F)Oc1ccccc1NC1CCCc2sccc21. The minimum atomic E-state index is -4.68. The summed E-state index contributed by atoms with van der Waals surface area (Å²) in [6, 6.07) is 8.25. The summed E-state index contributed by atoms with van der Waals surface area (Å²) in [4.78, 5) is 1.31. The third-order valence-corrected chi connectivity index (χ3v) is 4.49. The van der Waals surface area contributed by atoms with Crippen molar-refractivity contribution in [3.05, 3.63) is 46.2 Å². The second-order valence-electron chi connectivity index (χ2n) is 4.93. The van der Waals surface area contributed by atoms with Gasteiger partial charge in [0.25, 0.3) is 0 Å². The van der Waals surface area contributed by atoms with E-state index in [0.29, 0.717) is 5.69 Å². The van der Waals surface area contributed by atoms with Gasteiger partial charge in [0.2, 0.25) is 0 Å². The van der Waals surface area contributed by atoms with Crippen molar-refractivity contribution < 1.29 is 17.9 Å². The lowest BCUT2D eigenvalue weighted by atomic mass is 9.94. The Morgan fingerprint density at radius 3 is 2.81 bits per heavy atom. The Hall–Kier alpha value is -1.69. The zero-order valence-corrected chi connectivity index (χ0v) is 11.9. The maximum atomic E-state index is 12.4. The van der Waals surface area contributed by atoms with Gasteiger partial charge >= 0.3 is 6.36 Å². The molecule has 1 heterocycles. The molecular formula is C15H14F3NOS. The average Bonchev–Trinajstić information content (AvgIpc) is 2.89. The maximum absolute atomic E-state index is 12.4. The van der Waals surface area contributed by atoms with Gasteiger partial charge in [-0.2, -0.15) is 0 Å². The van der Waals surface area contributed by atoms with Gasteiger partial charge in [0, 0.05) is 4.88 Å². The number of fused-ring (bicyclic) bond motifs is 1. The van der Waals surface area contributed by atoms with E-state index in [1.165, 1.54) is 22.6 Å². The lowest BCUT2D eigenvalue weighted by Crippen LogP contribution is -2.20. The number of halogens is 3. The Labute approximate surface area is 124 Å². The highest BCUT2D eigenvalue weighted by Gasteiger charge is 2.32. The fraction of sp³-hybridized carbons (Fsp3) is 0.333. The fourth-order valence-corrected chi connectivity index (χ4v) is 3.61. The Balaban J connectivity index is 1.83. The van der Waals surface area contributed by atoms with Gasteiger partial charge in [-0.15, -0.1) is 24.5 Å². The van der Waals surface area contributed by atoms with Gasteiger partial charge in [-0.1, -0.05) is 12.1 Å². The topological polar surface area (TPSA) is 21.3 Å². The first kappa shape index (κ1) is 14.3. The highest BCUT2D eigenvalue weighted by atomic mass is 32.1. The molecule has 0 radical (unpaired) electrons. The lowest BCUT2D eigenvalue weighted by molar-refractivity contribution is -0.274. The molecule has 2 nitrogen and oxygen atoms in total. The van der Waals surface area contributed by atoms with Crippen molar-refractivity contribution in [3.63, 3.8) is 0 Å². The van der Waals surface area contributed by atoms with Crippen LogP contribution in [0.5, 0.6) is 5.75 Å². The maximum Gasteiger partial charge on any atom is 0.573 e. The van der Waals surface area contributed by atoms with Crippen LogP contribution in [0.15, 0.2) is 35.7 Å². The van der Waals surface area contributed by atoms with Crippen LogP contribution in [-0.2, 0) is 6.42 Å². The second-order valence-corrected chi connectivity index (χ2v) is 5.93. The van der Waals surface area contributed by atoms with Crippen molar-refractivity contribution in [2.45, 2.75) is 31.7 Å². The highest BCUT2D eigenvalue weighted by molar-refractivity contribution is 7.10. The quantitative estimate of drug-likeness (QED) is 0.847. The number of benzene rings is 1. The van der Waals surface area contributed by atoms with Crippen molar-refractivity contribution in [1.82, 2.24) is 0 Å². The number of rotatable bonds is 3. The number of hydrogen-bond acceptors (Lipinski definition) is 3. The molecule has 2 aromatic rings. The van der Waals surface area contributed by atoms with Crippen molar-refractivity contribution >= 4 is 17.0 Å². The van der Waals surface area contributed by atoms with Crippen molar-refractivity contribution in [2.24, 2.45) is 0 Å². The van der Waals surface area contributed by atoms with E-state index in [2.05, 4.69) is 10.1 Å². The molecule has 0 spiro atoms. The van der Waals surface area contributed by atoms with Gasteiger partial charge in [0.1, 0.15) is 0 Å². The van der Waals surface area contributed by atoms with Crippen molar-refractivity contribution in [3.8, 4) is 5.75 Å². The summed E-state index contributed by atoms with van der Waals surface area (Å²) >= 11 is 1.70. The zero-order valence-electron chi connectivity index (χ0n) is 11.1. The fourth-order valence-electron chi connectivity index (χ4n) is 2.62. The number of para-hydroxylation sites is 2. The van der Waals surface area contributed by atoms with Crippen LogP contribution in [0.4, 0.5) is 18.9 Å². The molecule has 1 aliphatic rings. The minimum absolute atomic E-state index is 0.0398. The van der Waals surface area contributed by atoms with E-state index < -0.39 is 6.36 Å². The van der Waals surface area contributed by atoms with Crippen LogP contribution >= 0.6 is 11.3 Å². The van der Waals surface area contributed by atoms with Gasteiger partial charge < -0.3 is 10.1 Å². The van der Waals surface area contributed by atoms with Crippen LogP contribution in [0.25, 0.3) is 0 Å². The lowest BCUT2D eigenvalue weighted by Gasteiger charge is -2.26. The number of aryl methyl sites for hydroxylation is 1. The molecule has 112 valence electrons. The molecule has 1 atom stereocenters. The van der Waals surface area contributed by atoms with E-state index in [1.807, 2.05) is 11.4 Å².